The molecule has 0 aromatic heterocycles. The van der Waals surface area contributed by atoms with Crippen molar-refractivity contribution >= 4 is 17.9 Å². The summed E-state index contributed by atoms with van der Waals surface area (Å²) in [7, 11) is 0. The number of rotatable bonds is 13. The molecule has 220 valence electrons. The molecule has 0 aliphatic carbocycles. The van der Waals surface area contributed by atoms with Crippen molar-refractivity contribution in [3.63, 3.8) is 0 Å². The predicted octanol–water partition coefficient (Wildman–Crippen LogP) is 2.07. The number of quaternary nitrogens is 2. The van der Waals surface area contributed by atoms with Crippen LogP contribution < -0.4 is 14.5 Å². The number of phenolic OH excluding ortho intramolecular Hbond substituents is 1. The van der Waals surface area contributed by atoms with Gasteiger partial charge in [-0.1, -0.05) is 24.3 Å². The fraction of sp³-hybridized carbons (Fsp3) is 0.433. The molecule has 0 saturated carbocycles. The van der Waals surface area contributed by atoms with Crippen molar-refractivity contribution in [1.29, 1.82) is 0 Å². The maximum Gasteiger partial charge on any atom is 0.342 e. The molecule has 0 unspecified atom stereocenters. The fourth-order valence-corrected chi connectivity index (χ4v) is 3.46. The number of para-hydroxylation sites is 2. The van der Waals surface area contributed by atoms with E-state index in [2.05, 4.69) is 27.7 Å². The van der Waals surface area contributed by atoms with Crippen molar-refractivity contribution < 1.29 is 43.5 Å². The molecular formula is C30H48N2O7. The number of ether oxygens (including phenoxy) is 3. The smallest absolute Gasteiger partial charge is 0.342 e. The van der Waals surface area contributed by atoms with Crippen LogP contribution in [-0.2, 0) is 14.3 Å². The van der Waals surface area contributed by atoms with E-state index in [-0.39, 0.29) is 37.5 Å². The Hall–Kier alpha value is -3.43. The number of phenols is 1. The molecule has 9 nitrogen and oxygen atoms in total. The number of hydrogen-bond acceptors (Lipinski definition) is 7. The van der Waals surface area contributed by atoms with E-state index in [0.717, 1.165) is 39.3 Å². The summed E-state index contributed by atoms with van der Waals surface area (Å²) in [4.78, 5) is 37.4. The third-order valence-corrected chi connectivity index (χ3v) is 5.86. The molecule has 0 heterocycles. The van der Waals surface area contributed by atoms with Gasteiger partial charge in [-0.3, -0.25) is 4.79 Å². The average molecular weight is 549 g/mol. The number of aromatic hydroxyl groups is 1. The van der Waals surface area contributed by atoms with Gasteiger partial charge in [0, 0.05) is 6.92 Å². The Labute approximate surface area is 234 Å². The van der Waals surface area contributed by atoms with E-state index in [1.54, 1.807) is 42.5 Å². The number of nitrogens with one attached hydrogen (secondary N) is 2. The van der Waals surface area contributed by atoms with Crippen LogP contribution in [-0.4, -0.2) is 75.5 Å². The van der Waals surface area contributed by atoms with Crippen LogP contribution in [0.1, 0.15) is 55.3 Å². The van der Waals surface area contributed by atoms with Gasteiger partial charge in [0.2, 0.25) is 0 Å². The van der Waals surface area contributed by atoms with Crippen LogP contribution in [0, 0.1) is 14.9 Å². The highest BCUT2D eigenvalue weighted by atomic mass is 16.5. The highest BCUT2D eigenvalue weighted by Gasteiger charge is 2.16. The van der Waals surface area contributed by atoms with E-state index in [4.69, 9.17) is 14.2 Å². The van der Waals surface area contributed by atoms with E-state index in [0.29, 0.717) is 13.2 Å². The zero-order valence-electron chi connectivity index (χ0n) is 24.7. The summed E-state index contributed by atoms with van der Waals surface area (Å²) in [6, 6.07) is 13.0. The van der Waals surface area contributed by atoms with Crippen LogP contribution in [0.5, 0.6) is 11.5 Å². The second kappa shape index (κ2) is 21.5. The van der Waals surface area contributed by atoms with E-state index in [9.17, 15) is 19.5 Å². The van der Waals surface area contributed by atoms with Crippen LogP contribution in [0.15, 0.2) is 48.5 Å². The molecule has 0 fully saturated rings. The van der Waals surface area contributed by atoms with E-state index >= 15 is 0 Å². The molecule has 2 aromatic rings. The number of esters is 3. The summed E-state index contributed by atoms with van der Waals surface area (Å²) in [5, 5.41) is 9.48. The Morgan fingerprint density at radius 1 is 0.692 bits per heavy atom. The first-order valence-corrected chi connectivity index (χ1v) is 12.8. The van der Waals surface area contributed by atoms with Crippen molar-refractivity contribution in [3.8, 4) is 11.5 Å². The van der Waals surface area contributed by atoms with Gasteiger partial charge in [0.1, 0.15) is 48.9 Å². The zero-order valence-corrected chi connectivity index (χ0v) is 24.7. The summed E-state index contributed by atoms with van der Waals surface area (Å²) in [5.41, 5.74) is 0.499. The van der Waals surface area contributed by atoms with Crippen LogP contribution in [0.25, 0.3) is 0 Å². The minimum absolute atomic E-state index is 0. The molecule has 9 heteroatoms. The van der Waals surface area contributed by atoms with Gasteiger partial charge in [-0.25, -0.2) is 9.59 Å². The molecule has 2 rings (SSSR count). The predicted molar refractivity (Wildman–Crippen MR) is 153 cm³/mol. The summed E-state index contributed by atoms with van der Waals surface area (Å²) in [5.74, 6) is -1.19. The molecule has 2 aromatic carbocycles. The van der Waals surface area contributed by atoms with Crippen LogP contribution in [0.3, 0.4) is 0 Å². The van der Waals surface area contributed by atoms with Gasteiger partial charge >= 0.3 is 17.9 Å². The Balaban J connectivity index is 0. The standard InChI is InChI=1S/C15H21NO4.C13H19NO3.2CH3/c1-4-16(5-2)10-11-19-15(18)13-8-6-7-9-14(13)20-12(3)17;1-3-14(4-2)9-10-17-13(16)11-7-5-6-8-12(11)15;;/h6-9H,4-5,10-11H2,1-3H3;5-8,15H,3-4,9-10H2,1-2H3;2*1H3/q;;2*-1/p+2. The average Bonchev–Trinajstić information content (AvgIpc) is 2.89. The molecular weight excluding hydrogens is 500 g/mol. The van der Waals surface area contributed by atoms with Gasteiger partial charge in [-0.05, 0) is 52.0 Å². The van der Waals surface area contributed by atoms with Gasteiger partial charge in [-0.2, -0.15) is 0 Å². The quantitative estimate of drug-likeness (QED) is 0.200. The second-order valence-electron chi connectivity index (χ2n) is 8.29. The highest BCUT2D eigenvalue weighted by Crippen LogP contribution is 2.19. The van der Waals surface area contributed by atoms with Gasteiger partial charge in [0.25, 0.3) is 0 Å². The maximum absolute atomic E-state index is 12.0. The SMILES string of the molecule is CC[NH+](CC)CCOC(=O)c1ccccc1O.CC[NH+](CC)CCOC(=O)c1ccccc1OC(C)=O.[CH3-].[CH3-]. The van der Waals surface area contributed by atoms with Crippen molar-refractivity contribution in [2.24, 2.45) is 0 Å². The summed E-state index contributed by atoms with van der Waals surface area (Å²) >= 11 is 0. The summed E-state index contributed by atoms with van der Waals surface area (Å²) in [6.07, 6.45) is 0. The molecule has 0 amide bonds. The zero-order chi connectivity index (χ0) is 27.6. The van der Waals surface area contributed by atoms with Crippen molar-refractivity contribution in [2.45, 2.75) is 34.6 Å². The lowest BCUT2D eigenvalue weighted by Crippen LogP contribution is -3.11. The molecule has 0 atom stereocenters. The Morgan fingerprint density at radius 3 is 1.54 bits per heavy atom. The number of carbonyl (C=O) groups is 3. The minimum Gasteiger partial charge on any atom is -0.507 e. The second-order valence-corrected chi connectivity index (χ2v) is 8.29. The Bertz CT molecular complexity index is 973. The topological polar surface area (TPSA) is 108 Å². The lowest BCUT2D eigenvalue weighted by atomic mass is 10.2. The first-order valence-electron chi connectivity index (χ1n) is 12.8. The van der Waals surface area contributed by atoms with Crippen molar-refractivity contribution in [2.75, 3.05) is 52.5 Å². The molecule has 0 radical (unpaired) electrons. The van der Waals surface area contributed by atoms with E-state index < -0.39 is 17.9 Å². The van der Waals surface area contributed by atoms with Crippen LogP contribution >= 0.6 is 0 Å². The summed E-state index contributed by atoms with van der Waals surface area (Å²) in [6.45, 7) is 16.0. The van der Waals surface area contributed by atoms with Crippen LogP contribution in [0.2, 0.25) is 0 Å². The van der Waals surface area contributed by atoms with Gasteiger partial charge in [-0.15, -0.1) is 0 Å². The minimum atomic E-state index is -0.464. The molecule has 0 spiro atoms. The fourth-order valence-electron chi connectivity index (χ4n) is 3.46. The molecule has 0 bridgehead atoms. The van der Waals surface area contributed by atoms with Crippen LogP contribution in [0.4, 0.5) is 0 Å². The first-order chi connectivity index (χ1) is 17.8. The third kappa shape index (κ3) is 14.3. The largest absolute Gasteiger partial charge is 0.507 e. The molecule has 0 aliphatic rings. The molecule has 3 N–H and O–H groups in total. The number of benzene rings is 2. The highest BCUT2D eigenvalue weighted by molar-refractivity contribution is 5.93. The van der Waals surface area contributed by atoms with Crippen molar-refractivity contribution in [3.05, 3.63) is 74.5 Å². The molecule has 39 heavy (non-hydrogen) atoms. The molecule has 0 aliphatic heterocycles. The monoisotopic (exact) mass is 548 g/mol. The normalized spacial score (nSPS) is 9.92. The maximum atomic E-state index is 12.0. The first kappa shape index (κ1) is 37.7. The lowest BCUT2D eigenvalue weighted by Gasteiger charge is -2.15. The number of likely N-dealkylation sites (N-methyl/N-ethyl adjacent to an activating group) is 2. The van der Waals surface area contributed by atoms with Gasteiger partial charge in [0.05, 0.1) is 26.2 Å². The van der Waals surface area contributed by atoms with E-state index in [1.807, 2.05) is 0 Å². The Morgan fingerprint density at radius 2 is 1.10 bits per heavy atom. The number of carbonyl (C=O) groups excluding carboxylic acids is 3. The number of hydrogen-bond donors (Lipinski definition) is 3. The van der Waals surface area contributed by atoms with E-state index in [1.165, 1.54) is 22.8 Å². The Kier molecular flexibility index (Phi) is 20.8. The lowest BCUT2D eigenvalue weighted by molar-refractivity contribution is -0.896. The van der Waals surface area contributed by atoms with Gasteiger partial charge in [0.15, 0.2) is 0 Å². The molecule has 0 saturated heterocycles. The summed E-state index contributed by atoms with van der Waals surface area (Å²) < 4.78 is 15.3. The van der Waals surface area contributed by atoms with Gasteiger partial charge < -0.3 is 44.0 Å². The van der Waals surface area contributed by atoms with Crippen molar-refractivity contribution in [1.82, 2.24) is 0 Å². The third-order valence-electron chi connectivity index (χ3n) is 5.86.